The summed E-state index contributed by atoms with van der Waals surface area (Å²) in [6.07, 6.45) is 4.26. The van der Waals surface area contributed by atoms with E-state index < -0.39 is 0 Å². The zero-order valence-electron chi connectivity index (χ0n) is 8.70. The van der Waals surface area contributed by atoms with Crippen molar-refractivity contribution in [1.82, 2.24) is 0 Å². The van der Waals surface area contributed by atoms with Crippen molar-refractivity contribution in [3.05, 3.63) is 0 Å². The van der Waals surface area contributed by atoms with E-state index in [9.17, 15) is 0 Å². The number of hydrogen-bond donors (Lipinski definition) is 0. The van der Waals surface area contributed by atoms with E-state index in [2.05, 4.69) is 34.6 Å². The van der Waals surface area contributed by atoms with Gasteiger partial charge in [0, 0.05) is 0 Å². The second-order valence-corrected chi connectivity index (χ2v) is 5.40. The molecular weight excluding hydrogens is 132 g/mol. The first-order chi connectivity index (χ1) is 4.88. The van der Waals surface area contributed by atoms with Crippen molar-refractivity contribution in [2.45, 2.75) is 53.9 Å². The summed E-state index contributed by atoms with van der Waals surface area (Å²) in [5.41, 5.74) is 1.08. The Hall–Kier alpha value is 0. The molecule has 66 valence electrons. The third kappa shape index (κ3) is 1.32. The van der Waals surface area contributed by atoms with Crippen LogP contribution >= 0.6 is 0 Å². The van der Waals surface area contributed by atoms with E-state index >= 15 is 0 Å². The summed E-state index contributed by atoms with van der Waals surface area (Å²) in [6, 6.07) is 0. The van der Waals surface area contributed by atoms with Crippen LogP contribution in [-0.2, 0) is 0 Å². The Morgan fingerprint density at radius 3 is 2.00 bits per heavy atom. The van der Waals surface area contributed by atoms with Crippen molar-refractivity contribution >= 4 is 0 Å². The molecule has 1 aliphatic rings. The standard InChI is InChI=1S/C11H22/c1-9-7-6-8-10(2,3)11(9,4)5/h9H,6-8H2,1-5H3. The molecule has 0 aliphatic heterocycles. The van der Waals surface area contributed by atoms with E-state index in [1.54, 1.807) is 0 Å². The molecule has 0 spiro atoms. The van der Waals surface area contributed by atoms with Crippen LogP contribution in [0.1, 0.15) is 53.9 Å². The zero-order chi connectivity index (χ0) is 8.70. The van der Waals surface area contributed by atoms with Gasteiger partial charge in [-0.25, -0.2) is 0 Å². The Labute approximate surface area is 71.4 Å². The molecule has 0 radical (unpaired) electrons. The highest BCUT2D eigenvalue weighted by atomic mass is 14.5. The number of hydrogen-bond acceptors (Lipinski definition) is 0. The van der Waals surface area contributed by atoms with Gasteiger partial charge in [0.2, 0.25) is 0 Å². The summed E-state index contributed by atoms with van der Waals surface area (Å²) in [5, 5.41) is 0. The van der Waals surface area contributed by atoms with Gasteiger partial charge in [-0.05, 0) is 23.2 Å². The van der Waals surface area contributed by atoms with Crippen molar-refractivity contribution in [2.75, 3.05) is 0 Å². The van der Waals surface area contributed by atoms with Crippen molar-refractivity contribution < 1.29 is 0 Å². The third-order valence-corrected chi connectivity index (χ3v) is 4.42. The lowest BCUT2D eigenvalue weighted by Crippen LogP contribution is -2.41. The first kappa shape index (κ1) is 9.09. The van der Waals surface area contributed by atoms with Gasteiger partial charge in [-0.1, -0.05) is 47.5 Å². The molecule has 1 unspecified atom stereocenters. The van der Waals surface area contributed by atoms with Crippen LogP contribution in [-0.4, -0.2) is 0 Å². The van der Waals surface area contributed by atoms with Gasteiger partial charge in [0.1, 0.15) is 0 Å². The zero-order valence-corrected chi connectivity index (χ0v) is 8.70. The lowest BCUT2D eigenvalue weighted by molar-refractivity contribution is -0.000363. The Kier molecular flexibility index (Phi) is 2.07. The van der Waals surface area contributed by atoms with E-state index in [4.69, 9.17) is 0 Å². The average Bonchev–Trinajstić information content (AvgIpc) is 1.84. The normalized spacial score (nSPS) is 35.2. The summed E-state index contributed by atoms with van der Waals surface area (Å²) in [5.74, 6) is 0.895. The van der Waals surface area contributed by atoms with Gasteiger partial charge in [-0.2, -0.15) is 0 Å². The Bertz CT molecular complexity index is 142. The van der Waals surface area contributed by atoms with Crippen LogP contribution in [0.25, 0.3) is 0 Å². The van der Waals surface area contributed by atoms with E-state index in [1.165, 1.54) is 19.3 Å². The van der Waals surface area contributed by atoms with Crippen LogP contribution in [0.15, 0.2) is 0 Å². The summed E-state index contributed by atoms with van der Waals surface area (Å²) in [4.78, 5) is 0. The molecule has 1 rings (SSSR count). The molecule has 1 aliphatic carbocycles. The van der Waals surface area contributed by atoms with Crippen LogP contribution in [0.3, 0.4) is 0 Å². The maximum Gasteiger partial charge on any atom is -0.0277 e. The molecule has 0 saturated heterocycles. The summed E-state index contributed by atoms with van der Waals surface area (Å²) in [7, 11) is 0. The monoisotopic (exact) mass is 154 g/mol. The van der Waals surface area contributed by atoms with Crippen LogP contribution in [0.4, 0.5) is 0 Å². The Morgan fingerprint density at radius 2 is 1.64 bits per heavy atom. The van der Waals surface area contributed by atoms with E-state index in [-0.39, 0.29) is 0 Å². The predicted molar refractivity (Wildman–Crippen MR) is 50.6 cm³/mol. The van der Waals surface area contributed by atoms with Gasteiger partial charge in [0.25, 0.3) is 0 Å². The van der Waals surface area contributed by atoms with Gasteiger partial charge in [0.05, 0.1) is 0 Å². The van der Waals surface area contributed by atoms with E-state index in [1.807, 2.05) is 0 Å². The highest BCUT2D eigenvalue weighted by Crippen LogP contribution is 2.52. The first-order valence-electron chi connectivity index (χ1n) is 4.88. The molecule has 11 heavy (non-hydrogen) atoms. The smallest absolute Gasteiger partial charge is 0.0277 e. The summed E-state index contributed by atoms with van der Waals surface area (Å²) in [6.45, 7) is 12.1. The molecule has 0 heterocycles. The van der Waals surface area contributed by atoms with Crippen molar-refractivity contribution in [3.63, 3.8) is 0 Å². The molecule has 1 atom stereocenters. The molecule has 0 bridgehead atoms. The van der Waals surface area contributed by atoms with E-state index in [0.29, 0.717) is 10.8 Å². The van der Waals surface area contributed by atoms with Crippen LogP contribution in [0.2, 0.25) is 0 Å². The van der Waals surface area contributed by atoms with Crippen molar-refractivity contribution in [3.8, 4) is 0 Å². The highest BCUT2D eigenvalue weighted by Gasteiger charge is 2.43. The minimum atomic E-state index is 0.533. The summed E-state index contributed by atoms with van der Waals surface area (Å²) >= 11 is 0. The Balaban J connectivity index is 2.82. The molecule has 1 saturated carbocycles. The molecule has 1 fully saturated rings. The molecule has 0 aromatic rings. The number of rotatable bonds is 0. The average molecular weight is 154 g/mol. The minimum absolute atomic E-state index is 0.533. The predicted octanol–water partition coefficient (Wildman–Crippen LogP) is 3.86. The second-order valence-electron chi connectivity index (χ2n) is 5.40. The van der Waals surface area contributed by atoms with E-state index in [0.717, 1.165) is 5.92 Å². The van der Waals surface area contributed by atoms with Crippen LogP contribution in [0, 0.1) is 16.7 Å². The largest absolute Gasteiger partial charge is 0.0620 e. The maximum absolute atomic E-state index is 2.43. The van der Waals surface area contributed by atoms with Crippen LogP contribution < -0.4 is 0 Å². The molecule has 0 amide bonds. The fraction of sp³-hybridized carbons (Fsp3) is 1.00. The minimum Gasteiger partial charge on any atom is -0.0620 e. The van der Waals surface area contributed by atoms with Gasteiger partial charge >= 0.3 is 0 Å². The first-order valence-corrected chi connectivity index (χ1v) is 4.88. The third-order valence-electron chi connectivity index (χ3n) is 4.42. The van der Waals surface area contributed by atoms with Crippen molar-refractivity contribution in [1.29, 1.82) is 0 Å². The fourth-order valence-corrected chi connectivity index (χ4v) is 2.20. The van der Waals surface area contributed by atoms with Crippen molar-refractivity contribution in [2.24, 2.45) is 16.7 Å². The van der Waals surface area contributed by atoms with Gasteiger partial charge in [0.15, 0.2) is 0 Å². The summed E-state index contributed by atoms with van der Waals surface area (Å²) < 4.78 is 0. The molecular formula is C11H22. The molecule has 0 N–H and O–H groups in total. The molecule has 0 aromatic carbocycles. The molecule has 0 nitrogen and oxygen atoms in total. The highest BCUT2D eigenvalue weighted by molar-refractivity contribution is 4.93. The lowest BCUT2D eigenvalue weighted by Gasteiger charge is -2.50. The second kappa shape index (κ2) is 2.50. The molecule has 0 aromatic heterocycles. The fourth-order valence-electron chi connectivity index (χ4n) is 2.20. The van der Waals surface area contributed by atoms with Gasteiger partial charge in [-0.15, -0.1) is 0 Å². The Morgan fingerprint density at radius 1 is 1.09 bits per heavy atom. The van der Waals surface area contributed by atoms with Gasteiger partial charge < -0.3 is 0 Å². The SMILES string of the molecule is CC1CCCC(C)(C)C1(C)C. The lowest BCUT2D eigenvalue weighted by atomic mass is 9.55. The van der Waals surface area contributed by atoms with Gasteiger partial charge in [-0.3, -0.25) is 0 Å². The quantitative estimate of drug-likeness (QED) is 0.497. The maximum atomic E-state index is 2.43. The topological polar surface area (TPSA) is 0 Å². The molecule has 0 heteroatoms. The van der Waals surface area contributed by atoms with Crippen LogP contribution in [0.5, 0.6) is 0 Å².